The summed E-state index contributed by atoms with van der Waals surface area (Å²) in [6.07, 6.45) is 0. The van der Waals surface area contributed by atoms with E-state index in [0.29, 0.717) is 0 Å². The Morgan fingerprint density at radius 3 is 1.94 bits per heavy atom. The van der Waals surface area contributed by atoms with Gasteiger partial charge in [-0.25, -0.2) is 0 Å². The van der Waals surface area contributed by atoms with E-state index in [1.54, 1.807) is 6.92 Å². The van der Waals surface area contributed by atoms with Gasteiger partial charge in [0, 0.05) is 5.56 Å². The van der Waals surface area contributed by atoms with Gasteiger partial charge >= 0.3 is 0 Å². The van der Waals surface area contributed by atoms with Gasteiger partial charge in [-0.3, -0.25) is 0 Å². The van der Waals surface area contributed by atoms with Crippen LogP contribution in [0.5, 0.6) is 0 Å². The molecule has 0 aromatic heterocycles. The van der Waals surface area contributed by atoms with Crippen molar-refractivity contribution in [1.82, 2.24) is 0 Å². The lowest BCUT2D eigenvalue weighted by Gasteiger charge is -2.30. The molecule has 1 aromatic rings. The van der Waals surface area contributed by atoms with E-state index in [9.17, 15) is 0 Å². The molecule has 2 N–H and O–H groups in total. The highest BCUT2D eigenvalue weighted by Crippen LogP contribution is 2.26. The standard InChI is InChI=1S/C12H18O4/c1-12(15-9-7-13,16-10-8-14)11-5-3-2-4-6-11/h2-6,13-14H,7-10H2,1H3. The van der Waals surface area contributed by atoms with E-state index in [1.165, 1.54) is 0 Å². The average molecular weight is 226 g/mol. The van der Waals surface area contributed by atoms with Crippen molar-refractivity contribution in [2.24, 2.45) is 0 Å². The van der Waals surface area contributed by atoms with Crippen molar-refractivity contribution >= 4 is 0 Å². The maximum atomic E-state index is 8.77. The van der Waals surface area contributed by atoms with Gasteiger partial charge in [-0.1, -0.05) is 30.3 Å². The summed E-state index contributed by atoms with van der Waals surface area (Å²) < 4.78 is 11.0. The van der Waals surface area contributed by atoms with Crippen LogP contribution in [-0.2, 0) is 15.3 Å². The largest absolute Gasteiger partial charge is 0.394 e. The van der Waals surface area contributed by atoms with Crippen LogP contribution >= 0.6 is 0 Å². The number of hydrogen-bond acceptors (Lipinski definition) is 4. The summed E-state index contributed by atoms with van der Waals surface area (Å²) in [7, 11) is 0. The summed E-state index contributed by atoms with van der Waals surface area (Å²) in [6.45, 7) is 2.02. The van der Waals surface area contributed by atoms with Gasteiger partial charge in [0.15, 0.2) is 5.79 Å². The molecule has 4 heteroatoms. The fraction of sp³-hybridized carbons (Fsp3) is 0.500. The minimum Gasteiger partial charge on any atom is -0.394 e. The molecule has 4 nitrogen and oxygen atoms in total. The molecule has 0 fully saturated rings. The molecule has 1 aromatic carbocycles. The van der Waals surface area contributed by atoms with Crippen molar-refractivity contribution in [2.45, 2.75) is 12.7 Å². The number of hydrogen-bond donors (Lipinski definition) is 2. The number of aliphatic hydroxyl groups excluding tert-OH is 2. The molecule has 0 saturated heterocycles. The number of aliphatic hydroxyl groups is 2. The van der Waals surface area contributed by atoms with Gasteiger partial charge in [0.2, 0.25) is 0 Å². The van der Waals surface area contributed by atoms with E-state index >= 15 is 0 Å². The van der Waals surface area contributed by atoms with Crippen molar-refractivity contribution in [3.05, 3.63) is 35.9 Å². The predicted octanol–water partition coefficient (Wildman–Crippen LogP) is 0.877. The smallest absolute Gasteiger partial charge is 0.192 e. The molecule has 0 amide bonds. The van der Waals surface area contributed by atoms with Crippen LogP contribution in [0.2, 0.25) is 0 Å². The quantitative estimate of drug-likeness (QED) is 0.677. The van der Waals surface area contributed by atoms with Crippen LogP contribution in [0.4, 0.5) is 0 Å². The fourth-order valence-corrected chi connectivity index (χ4v) is 1.43. The lowest BCUT2D eigenvalue weighted by atomic mass is 10.1. The first-order valence-electron chi connectivity index (χ1n) is 5.28. The van der Waals surface area contributed by atoms with E-state index < -0.39 is 5.79 Å². The molecule has 0 spiro atoms. The Hall–Kier alpha value is -0.940. The second-order valence-electron chi connectivity index (χ2n) is 3.46. The Kier molecular flexibility index (Phi) is 5.42. The van der Waals surface area contributed by atoms with E-state index in [2.05, 4.69) is 0 Å². The highest BCUT2D eigenvalue weighted by Gasteiger charge is 2.27. The second kappa shape index (κ2) is 6.60. The van der Waals surface area contributed by atoms with Crippen LogP contribution < -0.4 is 0 Å². The predicted molar refractivity (Wildman–Crippen MR) is 59.9 cm³/mol. The minimum absolute atomic E-state index is 0.0646. The van der Waals surface area contributed by atoms with Crippen LogP contribution in [-0.4, -0.2) is 36.6 Å². The van der Waals surface area contributed by atoms with Gasteiger partial charge in [0.1, 0.15) is 0 Å². The van der Waals surface area contributed by atoms with Gasteiger partial charge in [-0.15, -0.1) is 0 Å². The number of ether oxygens (including phenoxy) is 2. The average Bonchev–Trinajstić information content (AvgIpc) is 2.35. The maximum absolute atomic E-state index is 8.77. The number of benzene rings is 1. The molecule has 0 bridgehead atoms. The third-order valence-electron chi connectivity index (χ3n) is 2.24. The maximum Gasteiger partial charge on any atom is 0.192 e. The van der Waals surface area contributed by atoms with E-state index in [1.807, 2.05) is 30.3 Å². The van der Waals surface area contributed by atoms with Crippen molar-refractivity contribution in [3.63, 3.8) is 0 Å². The normalized spacial score (nSPS) is 11.7. The lowest BCUT2D eigenvalue weighted by molar-refractivity contribution is -0.240. The van der Waals surface area contributed by atoms with Crippen molar-refractivity contribution in [2.75, 3.05) is 26.4 Å². The van der Waals surface area contributed by atoms with Gasteiger partial charge in [-0.05, 0) is 6.92 Å². The van der Waals surface area contributed by atoms with Gasteiger partial charge in [0.25, 0.3) is 0 Å². The zero-order valence-corrected chi connectivity index (χ0v) is 9.43. The van der Waals surface area contributed by atoms with Crippen LogP contribution in [0.1, 0.15) is 12.5 Å². The lowest BCUT2D eigenvalue weighted by Crippen LogP contribution is -2.32. The molecule has 0 unspecified atom stereocenters. The third kappa shape index (κ3) is 3.57. The zero-order chi connectivity index (χ0) is 11.9. The summed E-state index contributed by atoms with van der Waals surface area (Å²) >= 11 is 0. The van der Waals surface area contributed by atoms with Gasteiger partial charge in [-0.2, -0.15) is 0 Å². The van der Waals surface area contributed by atoms with Crippen LogP contribution in [0.25, 0.3) is 0 Å². The van der Waals surface area contributed by atoms with Crippen LogP contribution in [0.3, 0.4) is 0 Å². The Morgan fingerprint density at radius 2 is 1.50 bits per heavy atom. The molecule has 0 aliphatic carbocycles. The molecule has 0 aliphatic heterocycles. The molecule has 90 valence electrons. The second-order valence-corrected chi connectivity index (χ2v) is 3.46. The zero-order valence-electron chi connectivity index (χ0n) is 9.43. The molecule has 0 radical (unpaired) electrons. The van der Waals surface area contributed by atoms with E-state index in [0.717, 1.165) is 5.56 Å². The highest BCUT2D eigenvalue weighted by molar-refractivity contribution is 5.19. The van der Waals surface area contributed by atoms with Crippen LogP contribution in [0.15, 0.2) is 30.3 Å². The first kappa shape index (κ1) is 13.1. The minimum atomic E-state index is -0.924. The van der Waals surface area contributed by atoms with Crippen molar-refractivity contribution in [1.29, 1.82) is 0 Å². The third-order valence-corrected chi connectivity index (χ3v) is 2.24. The molecular weight excluding hydrogens is 208 g/mol. The number of rotatable bonds is 7. The van der Waals surface area contributed by atoms with Crippen LogP contribution in [0, 0.1) is 0 Å². The molecule has 0 saturated carbocycles. The van der Waals surface area contributed by atoms with Crippen molar-refractivity contribution < 1.29 is 19.7 Å². The topological polar surface area (TPSA) is 58.9 Å². The van der Waals surface area contributed by atoms with E-state index in [-0.39, 0.29) is 26.4 Å². The Balaban J connectivity index is 2.77. The molecular formula is C12H18O4. The van der Waals surface area contributed by atoms with E-state index in [4.69, 9.17) is 19.7 Å². The Bertz CT molecular complexity index is 278. The molecule has 16 heavy (non-hydrogen) atoms. The fourth-order valence-electron chi connectivity index (χ4n) is 1.43. The molecule has 0 heterocycles. The summed E-state index contributed by atoms with van der Waals surface area (Å²) in [5, 5.41) is 17.5. The summed E-state index contributed by atoms with van der Waals surface area (Å²) in [4.78, 5) is 0. The summed E-state index contributed by atoms with van der Waals surface area (Å²) in [5.74, 6) is -0.924. The van der Waals surface area contributed by atoms with Gasteiger partial charge in [0.05, 0.1) is 26.4 Å². The monoisotopic (exact) mass is 226 g/mol. The first-order chi connectivity index (χ1) is 7.73. The summed E-state index contributed by atoms with van der Waals surface area (Å²) in [6, 6.07) is 9.45. The Morgan fingerprint density at radius 1 is 1.00 bits per heavy atom. The van der Waals surface area contributed by atoms with Gasteiger partial charge < -0.3 is 19.7 Å². The summed E-state index contributed by atoms with van der Waals surface area (Å²) in [5.41, 5.74) is 0.858. The van der Waals surface area contributed by atoms with Crippen molar-refractivity contribution in [3.8, 4) is 0 Å². The molecule has 0 aliphatic rings. The molecule has 0 atom stereocenters. The Labute approximate surface area is 95.4 Å². The first-order valence-corrected chi connectivity index (χ1v) is 5.28. The highest BCUT2D eigenvalue weighted by atomic mass is 16.7. The SMILES string of the molecule is CC(OCCO)(OCCO)c1ccccc1. The molecule has 1 rings (SSSR count).